The third-order valence-corrected chi connectivity index (χ3v) is 3.87. The summed E-state index contributed by atoms with van der Waals surface area (Å²) >= 11 is 21.2. The standard InChI is InChI=1S/C14H10BrCl3N2O/c15-8-5-11(17)14(12(18)6-8)19-7-13(21)20-10-3-1-9(16)2-4-10/h1-6,19H,7H2,(H,20,21). The van der Waals surface area contributed by atoms with Crippen LogP contribution >= 0.6 is 50.7 Å². The van der Waals surface area contributed by atoms with E-state index in [0.29, 0.717) is 26.4 Å². The van der Waals surface area contributed by atoms with Crippen LogP contribution in [0.25, 0.3) is 0 Å². The fraction of sp³-hybridized carbons (Fsp3) is 0.0714. The summed E-state index contributed by atoms with van der Waals surface area (Å²) in [5, 5.41) is 7.14. The van der Waals surface area contributed by atoms with E-state index < -0.39 is 0 Å². The van der Waals surface area contributed by atoms with Gasteiger partial charge in [-0.2, -0.15) is 0 Å². The minimum atomic E-state index is -0.215. The smallest absolute Gasteiger partial charge is 0.243 e. The van der Waals surface area contributed by atoms with Gasteiger partial charge in [0.05, 0.1) is 22.3 Å². The maximum absolute atomic E-state index is 11.9. The van der Waals surface area contributed by atoms with Gasteiger partial charge in [-0.15, -0.1) is 0 Å². The van der Waals surface area contributed by atoms with Crippen molar-refractivity contribution in [3.8, 4) is 0 Å². The Morgan fingerprint density at radius 3 is 2.19 bits per heavy atom. The first-order chi connectivity index (χ1) is 9.95. The van der Waals surface area contributed by atoms with Crippen molar-refractivity contribution in [1.29, 1.82) is 0 Å². The predicted molar refractivity (Wildman–Crippen MR) is 92.7 cm³/mol. The number of hydrogen-bond donors (Lipinski definition) is 2. The number of carbonyl (C=O) groups excluding carboxylic acids is 1. The molecule has 2 aromatic rings. The highest BCUT2D eigenvalue weighted by molar-refractivity contribution is 9.10. The first kappa shape index (κ1) is 16.4. The zero-order valence-electron chi connectivity index (χ0n) is 10.6. The van der Waals surface area contributed by atoms with Crippen LogP contribution in [-0.2, 0) is 4.79 Å². The van der Waals surface area contributed by atoms with Crippen LogP contribution in [0.5, 0.6) is 0 Å². The highest BCUT2D eigenvalue weighted by Crippen LogP contribution is 2.33. The van der Waals surface area contributed by atoms with Gasteiger partial charge in [-0.3, -0.25) is 4.79 Å². The van der Waals surface area contributed by atoms with Crippen LogP contribution in [0, 0.1) is 0 Å². The normalized spacial score (nSPS) is 10.3. The van der Waals surface area contributed by atoms with Crippen molar-refractivity contribution in [1.82, 2.24) is 0 Å². The molecule has 0 spiro atoms. The summed E-state index contributed by atoms with van der Waals surface area (Å²) in [5.74, 6) is -0.215. The largest absolute Gasteiger partial charge is 0.374 e. The molecular weight excluding hydrogens is 398 g/mol. The van der Waals surface area contributed by atoms with E-state index in [4.69, 9.17) is 34.8 Å². The molecule has 0 radical (unpaired) electrons. The Labute approximate surface area is 145 Å². The number of amides is 1. The zero-order chi connectivity index (χ0) is 15.4. The molecule has 0 saturated carbocycles. The Bertz CT molecular complexity index is 639. The lowest BCUT2D eigenvalue weighted by Gasteiger charge is -2.11. The molecule has 1 amide bonds. The Morgan fingerprint density at radius 1 is 1.05 bits per heavy atom. The number of halogens is 4. The minimum absolute atomic E-state index is 0.0453. The molecule has 21 heavy (non-hydrogen) atoms. The molecule has 2 N–H and O–H groups in total. The molecule has 110 valence electrons. The van der Waals surface area contributed by atoms with E-state index in [1.165, 1.54) is 0 Å². The molecule has 0 bridgehead atoms. The van der Waals surface area contributed by atoms with Gasteiger partial charge >= 0.3 is 0 Å². The van der Waals surface area contributed by atoms with Gasteiger partial charge in [0.2, 0.25) is 5.91 Å². The Hall–Kier alpha value is -0.940. The van der Waals surface area contributed by atoms with Crippen molar-refractivity contribution in [3.63, 3.8) is 0 Å². The lowest BCUT2D eigenvalue weighted by atomic mass is 10.3. The van der Waals surface area contributed by atoms with E-state index in [-0.39, 0.29) is 12.5 Å². The van der Waals surface area contributed by atoms with Crippen LogP contribution < -0.4 is 10.6 Å². The predicted octanol–water partition coefficient (Wildman–Crippen LogP) is 5.46. The fourth-order valence-corrected chi connectivity index (χ4v) is 3.09. The van der Waals surface area contributed by atoms with E-state index >= 15 is 0 Å². The monoisotopic (exact) mass is 406 g/mol. The second-order valence-corrected chi connectivity index (χ2v) is 6.32. The number of anilines is 2. The summed E-state index contributed by atoms with van der Waals surface area (Å²) < 4.78 is 0.772. The number of benzene rings is 2. The number of carbonyl (C=O) groups is 1. The van der Waals surface area contributed by atoms with Crippen LogP contribution in [0.3, 0.4) is 0 Å². The third kappa shape index (κ3) is 4.78. The van der Waals surface area contributed by atoms with Gasteiger partial charge in [-0.1, -0.05) is 50.7 Å². The second kappa shape index (κ2) is 7.36. The summed E-state index contributed by atoms with van der Waals surface area (Å²) in [4.78, 5) is 11.9. The summed E-state index contributed by atoms with van der Waals surface area (Å²) in [7, 11) is 0. The molecule has 0 fully saturated rings. The quantitative estimate of drug-likeness (QED) is 0.705. The van der Waals surface area contributed by atoms with Crippen molar-refractivity contribution in [2.45, 2.75) is 0 Å². The average Bonchev–Trinajstić information content (AvgIpc) is 2.40. The van der Waals surface area contributed by atoms with E-state index in [1.54, 1.807) is 36.4 Å². The minimum Gasteiger partial charge on any atom is -0.374 e. The van der Waals surface area contributed by atoms with Crippen LogP contribution in [0.2, 0.25) is 15.1 Å². The molecule has 0 aliphatic heterocycles. The van der Waals surface area contributed by atoms with E-state index in [9.17, 15) is 4.79 Å². The Balaban J connectivity index is 1.97. The molecule has 7 heteroatoms. The SMILES string of the molecule is O=C(CNc1c(Cl)cc(Br)cc1Cl)Nc1ccc(Cl)cc1. The maximum atomic E-state index is 11.9. The molecule has 0 aliphatic rings. The first-order valence-electron chi connectivity index (χ1n) is 5.89. The van der Waals surface area contributed by atoms with Crippen LogP contribution in [0.15, 0.2) is 40.9 Å². The molecule has 2 aromatic carbocycles. The van der Waals surface area contributed by atoms with Gasteiger partial charge in [-0.05, 0) is 36.4 Å². The molecule has 0 unspecified atom stereocenters. The Kier molecular flexibility index (Phi) is 5.76. The van der Waals surface area contributed by atoms with Gasteiger partial charge in [0, 0.05) is 15.2 Å². The highest BCUT2D eigenvalue weighted by atomic mass is 79.9. The molecule has 3 nitrogen and oxygen atoms in total. The maximum Gasteiger partial charge on any atom is 0.243 e. The van der Waals surface area contributed by atoms with Gasteiger partial charge < -0.3 is 10.6 Å². The van der Waals surface area contributed by atoms with Gasteiger partial charge in [0.15, 0.2) is 0 Å². The van der Waals surface area contributed by atoms with Crippen LogP contribution in [0.1, 0.15) is 0 Å². The number of hydrogen-bond acceptors (Lipinski definition) is 2. The van der Waals surface area contributed by atoms with Crippen LogP contribution in [0.4, 0.5) is 11.4 Å². The van der Waals surface area contributed by atoms with E-state index in [1.807, 2.05) is 0 Å². The van der Waals surface area contributed by atoms with Gasteiger partial charge in [0.25, 0.3) is 0 Å². The summed E-state index contributed by atoms with van der Waals surface area (Å²) in [5.41, 5.74) is 1.19. The molecular formula is C14H10BrCl3N2O. The lowest BCUT2D eigenvalue weighted by molar-refractivity contribution is -0.114. The average molecular weight is 409 g/mol. The molecule has 0 heterocycles. The molecule has 0 atom stereocenters. The first-order valence-corrected chi connectivity index (χ1v) is 7.82. The van der Waals surface area contributed by atoms with Crippen molar-refractivity contribution in [2.24, 2.45) is 0 Å². The highest BCUT2D eigenvalue weighted by Gasteiger charge is 2.09. The van der Waals surface area contributed by atoms with Crippen molar-refractivity contribution < 1.29 is 4.79 Å². The summed E-state index contributed by atoms with van der Waals surface area (Å²) in [6.45, 7) is 0.0453. The summed E-state index contributed by atoms with van der Waals surface area (Å²) in [6, 6.07) is 10.2. The topological polar surface area (TPSA) is 41.1 Å². The third-order valence-electron chi connectivity index (χ3n) is 2.56. The molecule has 0 saturated heterocycles. The van der Waals surface area contributed by atoms with Gasteiger partial charge in [0.1, 0.15) is 0 Å². The molecule has 2 rings (SSSR count). The van der Waals surface area contributed by atoms with Crippen molar-refractivity contribution in [3.05, 3.63) is 55.9 Å². The number of nitrogens with one attached hydrogen (secondary N) is 2. The van der Waals surface area contributed by atoms with E-state index in [2.05, 4.69) is 26.6 Å². The summed E-state index contributed by atoms with van der Waals surface area (Å²) in [6.07, 6.45) is 0. The van der Waals surface area contributed by atoms with Gasteiger partial charge in [-0.25, -0.2) is 0 Å². The van der Waals surface area contributed by atoms with E-state index in [0.717, 1.165) is 4.47 Å². The second-order valence-electron chi connectivity index (χ2n) is 4.15. The lowest BCUT2D eigenvalue weighted by Crippen LogP contribution is -2.22. The Morgan fingerprint density at radius 2 is 1.62 bits per heavy atom. The molecule has 0 aliphatic carbocycles. The zero-order valence-corrected chi connectivity index (χ0v) is 14.4. The van der Waals surface area contributed by atoms with Crippen LogP contribution in [-0.4, -0.2) is 12.5 Å². The fourth-order valence-electron chi connectivity index (χ4n) is 1.62. The van der Waals surface area contributed by atoms with Crippen molar-refractivity contribution in [2.75, 3.05) is 17.2 Å². The number of rotatable bonds is 4. The van der Waals surface area contributed by atoms with Crippen molar-refractivity contribution >= 4 is 68.0 Å². The molecule has 0 aromatic heterocycles.